The van der Waals surface area contributed by atoms with Crippen molar-refractivity contribution in [3.63, 3.8) is 0 Å². The van der Waals surface area contributed by atoms with Crippen LogP contribution >= 0.6 is 0 Å². The van der Waals surface area contributed by atoms with Crippen molar-refractivity contribution in [3.05, 3.63) is 35.0 Å². The average molecular weight is 361 g/mol. The zero-order valence-electron chi connectivity index (χ0n) is 15.8. The molecule has 26 heavy (non-hydrogen) atoms. The molecule has 0 unspecified atom stereocenters. The maximum absolute atomic E-state index is 12.6. The van der Waals surface area contributed by atoms with Crippen molar-refractivity contribution in [1.29, 1.82) is 0 Å². The highest BCUT2D eigenvalue weighted by Gasteiger charge is 2.34. The van der Waals surface area contributed by atoms with Gasteiger partial charge in [0.25, 0.3) is 5.91 Å². The summed E-state index contributed by atoms with van der Waals surface area (Å²) in [7, 11) is 1.29. The smallest absolute Gasteiger partial charge is 0.337 e. The normalized spacial score (nSPS) is 14.0. The number of anilines is 2. The molecule has 1 amide bonds. The fourth-order valence-electron chi connectivity index (χ4n) is 3.06. The van der Waals surface area contributed by atoms with Gasteiger partial charge in [0.15, 0.2) is 0 Å². The third-order valence-corrected chi connectivity index (χ3v) is 4.55. The van der Waals surface area contributed by atoms with Crippen LogP contribution in [0.2, 0.25) is 0 Å². The average Bonchev–Trinajstić information content (AvgIpc) is 2.94. The highest BCUT2D eigenvalue weighted by Crippen LogP contribution is 2.27. The van der Waals surface area contributed by atoms with Crippen LogP contribution in [0.3, 0.4) is 0 Å². The summed E-state index contributed by atoms with van der Waals surface area (Å²) in [6, 6.07) is 5.96. The van der Waals surface area contributed by atoms with Gasteiger partial charge in [-0.3, -0.25) is 4.79 Å². The number of hydrogen-bond acceptors (Lipinski definition) is 6. The van der Waals surface area contributed by atoms with E-state index in [9.17, 15) is 9.59 Å². The number of aliphatic hydroxyl groups excluding tert-OH is 1. The van der Waals surface area contributed by atoms with Gasteiger partial charge in [-0.25, -0.2) is 4.79 Å². The first kappa shape index (κ1) is 19.8. The molecule has 1 aromatic rings. The Morgan fingerprint density at radius 1 is 1.35 bits per heavy atom. The van der Waals surface area contributed by atoms with E-state index >= 15 is 0 Å². The number of amides is 1. The monoisotopic (exact) mass is 361 g/mol. The molecule has 0 radical (unpaired) electrons. The molecular weight excluding hydrogens is 334 g/mol. The minimum Gasteiger partial charge on any atom is -0.466 e. The van der Waals surface area contributed by atoms with Crippen molar-refractivity contribution < 1.29 is 19.4 Å². The van der Waals surface area contributed by atoms with Crippen LogP contribution < -0.4 is 10.2 Å². The van der Waals surface area contributed by atoms with Crippen molar-refractivity contribution >= 4 is 23.3 Å². The van der Waals surface area contributed by atoms with Gasteiger partial charge in [-0.2, -0.15) is 0 Å². The molecule has 1 aliphatic heterocycles. The highest BCUT2D eigenvalue weighted by molar-refractivity contribution is 6.08. The summed E-state index contributed by atoms with van der Waals surface area (Å²) in [5, 5.41) is 12.2. The van der Waals surface area contributed by atoms with Gasteiger partial charge in [0.1, 0.15) is 5.70 Å². The number of aryl methyl sites for hydroxylation is 1. The molecule has 0 saturated carbocycles. The van der Waals surface area contributed by atoms with Crippen molar-refractivity contribution in [1.82, 2.24) is 4.90 Å². The zero-order valence-corrected chi connectivity index (χ0v) is 15.8. The SMILES string of the molecule is CCN(CC)c1ccc(NC2=C(C(=O)OC)CN(CCO)C2=O)c(C)c1. The predicted molar refractivity (Wildman–Crippen MR) is 101 cm³/mol. The number of esters is 1. The quantitative estimate of drug-likeness (QED) is 0.683. The second-order valence-electron chi connectivity index (χ2n) is 6.09. The molecule has 1 aromatic carbocycles. The lowest BCUT2D eigenvalue weighted by Gasteiger charge is -2.22. The summed E-state index contributed by atoms with van der Waals surface area (Å²) in [6.45, 7) is 8.12. The van der Waals surface area contributed by atoms with E-state index in [1.807, 2.05) is 19.1 Å². The number of hydrogen-bond donors (Lipinski definition) is 2. The summed E-state index contributed by atoms with van der Waals surface area (Å²) in [5.41, 5.74) is 3.33. The van der Waals surface area contributed by atoms with E-state index in [2.05, 4.69) is 30.1 Å². The second-order valence-corrected chi connectivity index (χ2v) is 6.09. The number of nitrogens with one attached hydrogen (secondary N) is 1. The minimum atomic E-state index is -0.543. The van der Waals surface area contributed by atoms with Gasteiger partial charge in [-0.15, -0.1) is 0 Å². The second kappa shape index (κ2) is 8.71. The lowest BCUT2D eigenvalue weighted by atomic mass is 10.1. The fourth-order valence-corrected chi connectivity index (χ4v) is 3.06. The van der Waals surface area contributed by atoms with E-state index in [0.29, 0.717) is 0 Å². The van der Waals surface area contributed by atoms with Crippen LogP contribution in [0.15, 0.2) is 29.5 Å². The van der Waals surface area contributed by atoms with Gasteiger partial charge >= 0.3 is 5.97 Å². The van der Waals surface area contributed by atoms with Gasteiger partial charge in [0.2, 0.25) is 0 Å². The maximum atomic E-state index is 12.6. The first-order valence-corrected chi connectivity index (χ1v) is 8.80. The molecule has 1 heterocycles. The zero-order chi connectivity index (χ0) is 19.3. The van der Waals surface area contributed by atoms with Crippen molar-refractivity contribution in [3.8, 4) is 0 Å². The third-order valence-electron chi connectivity index (χ3n) is 4.55. The van der Waals surface area contributed by atoms with Gasteiger partial charge < -0.3 is 25.0 Å². The Labute approximate surface area is 154 Å². The fraction of sp³-hybridized carbons (Fsp3) is 0.474. The number of methoxy groups -OCH3 is 1. The minimum absolute atomic E-state index is 0.130. The number of nitrogens with zero attached hydrogens (tertiary/aromatic N) is 2. The van der Waals surface area contributed by atoms with Gasteiger partial charge in [0, 0.05) is 31.0 Å². The number of benzene rings is 1. The van der Waals surface area contributed by atoms with Crippen molar-refractivity contribution in [2.75, 3.05) is 50.1 Å². The van der Waals surface area contributed by atoms with Crippen molar-refractivity contribution in [2.45, 2.75) is 20.8 Å². The molecule has 0 saturated heterocycles. The molecule has 0 aliphatic carbocycles. The molecule has 0 aromatic heterocycles. The molecule has 0 atom stereocenters. The standard InChI is InChI=1S/C19H27N3O4/c1-5-21(6-2)14-7-8-16(13(3)11-14)20-17-15(19(25)26-4)12-22(9-10-23)18(17)24/h7-8,11,20,23H,5-6,9-10,12H2,1-4H3. The Balaban J connectivity index is 2.32. The number of aliphatic hydroxyl groups is 1. The summed E-state index contributed by atoms with van der Waals surface area (Å²) >= 11 is 0. The van der Waals surface area contributed by atoms with Crippen LogP contribution in [0.1, 0.15) is 19.4 Å². The van der Waals surface area contributed by atoms with E-state index in [1.54, 1.807) is 0 Å². The predicted octanol–water partition coefficient (Wildman–Crippen LogP) is 1.51. The van der Waals surface area contributed by atoms with Gasteiger partial charge in [-0.05, 0) is 44.5 Å². The molecule has 142 valence electrons. The van der Waals surface area contributed by atoms with E-state index in [0.717, 1.165) is 30.0 Å². The van der Waals surface area contributed by atoms with Crippen LogP contribution in [0.4, 0.5) is 11.4 Å². The molecule has 1 aliphatic rings. The van der Waals surface area contributed by atoms with E-state index < -0.39 is 5.97 Å². The van der Waals surface area contributed by atoms with E-state index in [-0.39, 0.29) is 36.9 Å². The first-order valence-electron chi connectivity index (χ1n) is 8.80. The number of carbonyl (C=O) groups is 2. The van der Waals surface area contributed by atoms with Crippen LogP contribution in [0.25, 0.3) is 0 Å². The van der Waals surface area contributed by atoms with Gasteiger partial charge in [0.05, 0.1) is 25.8 Å². The Hall–Kier alpha value is -2.54. The summed E-state index contributed by atoms with van der Waals surface area (Å²) in [4.78, 5) is 28.3. The molecule has 0 fully saturated rings. The third kappa shape index (κ3) is 3.99. The van der Waals surface area contributed by atoms with Gasteiger partial charge in [-0.1, -0.05) is 0 Å². The lowest BCUT2D eigenvalue weighted by molar-refractivity contribution is -0.136. The lowest BCUT2D eigenvalue weighted by Crippen LogP contribution is -2.31. The largest absolute Gasteiger partial charge is 0.466 e. The number of rotatable bonds is 8. The molecular formula is C19H27N3O4. The van der Waals surface area contributed by atoms with Crippen LogP contribution in [0.5, 0.6) is 0 Å². The summed E-state index contributed by atoms with van der Waals surface area (Å²) < 4.78 is 4.80. The number of β-amino-alcohol motifs (C(OH)–C–C–N with tert-alkyl or cyclic N) is 1. The Morgan fingerprint density at radius 3 is 2.58 bits per heavy atom. The summed E-state index contributed by atoms with van der Waals surface area (Å²) in [6.07, 6.45) is 0. The molecule has 0 bridgehead atoms. The Bertz CT molecular complexity index is 711. The molecule has 0 spiro atoms. The van der Waals surface area contributed by atoms with Crippen LogP contribution in [-0.2, 0) is 14.3 Å². The van der Waals surface area contributed by atoms with Crippen LogP contribution in [-0.4, -0.2) is 61.8 Å². The molecule has 2 N–H and O–H groups in total. The highest BCUT2D eigenvalue weighted by atomic mass is 16.5. The number of carbonyl (C=O) groups excluding carboxylic acids is 2. The number of ether oxygens (including phenoxy) is 1. The molecule has 7 heteroatoms. The summed E-state index contributed by atoms with van der Waals surface area (Å²) in [5.74, 6) is -0.856. The van der Waals surface area contributed by atoms with E-state index in [4.69, 9.17) is 9.84 Å². The molecule has 7 nitrogen and oxygen atoms in total. The van der Waals surface area contributed by atoms with E-state index in [1.165, 1.54) is 12.0 Å². The van der Waals surface area contributed by atoms with Crippen molar-refractivity contribution in [2.24, 2.45) is 0 Å². The first-order chi connectivity index (χ1) is 12.5. The van der Waals surface area contributed by atoms with Crippen LogP contribution in [0, 0.1) is 6.92 Å². The topological polar surface area (TPSA) is 82.1 Å². The Kier molecular flexibility index (Phi) is 6.63. The Morgan fingerprint density at radius 2 is 2.04 bits per heavy atom. The molecule has 2 rings (SSSR count). The maximum Gasteiger partial charge on any atom is 0.337 e.